The smallest absolute Gasteiger partial charge is 0.182 e. The molecule has 2 heterocycles. The van der Waals surface area contributed by atoms with Gasteiger partial charge in [0, 0.05) is 6.04 Å². The van der Waals surface area contributed by atoms with E-state index in [0.29, 0.717) is 11.7 Å². The van der Waals surface area contributed by atoms with Gasteiger partial charge in [-0.15, -0.1) is 0 Å². The molecule has 1 unspecified atom stereocenters. The summed E-state index contributed by atoms with van der Waals surface area (Å²) in [5, 5.41) is 3.39. The van der Waals surface area contributed by atoms with E-state index in [4.69, 9.17) is 0 Å². The van der Waals surface area contributed by atoms with E-state index in [0.717, 1.165) is 17.8 Å². The maximum Gasteiger partial charge on any atom is 0.182 e. The van der Waals surface area contributed by atoms with Gasteiger partial charge in [0.15, 0.2) is 11.5 Å². The number of hydrogen-bond acceptors (Lipinski definition) is 5. The van der Waals surface area contributed by atoms with Crippen molar-refractivity contribution in [2.75, 3.05) is 16.8 Å². The third-order valence-electron chi connectivity index (χ3n) is 2.51. The fourth-order valence-electron chi connectivity index (χ4n) is 1.58. The molecule has 6 heteroatoms. The monoisotopic (exact) mass is 251 g/mol. The minimum absolute atomic E-state index is 0.399. The largest absolute Gasteiger partial charge is 0.366 e. The highest BCUT2D eigenvalue weighted by molar-refractivity contribution is 7.99. The standard InChI is InChI=1S/C11H17N5S/c1-3-17-5-4-8(2)16-11-9-10(13-6-12-9)14-7-15-11/h6-8H,3-5H2,1-2H3,(H2,12,13,14,15,16). The Morgan fingerprint density at radius 2 is 2.29 bits per heavy atom. The summed E-state index contributed by atoms with van der Waals surface area (Å²) in [6, 6.07) is 0.399. The van der Waals surface area contributed by atoms with E-state index in [9.17, 15) is 0 Å². The number of aromatic amines is 1. The zero-order chi connectivity index (χ0) is 12.1. The molecule has 0 amide bonds. The lowest BCUT2D eigenvalue weighted by molar-refractivity contribution is 0.767. The molecule has 92 valence electrons. The predicted octanol–water partition coefficient (Wildman–Crippen LogP) is 2.30. The fraction of sp³-hybridized carbons (Fsp3) is 0.545. The lowest BCUT2D eigenvalue weighted by Crippen LogP contribution is -2.17. The maximum absolute atomic E-state index is 4.25. The number of H-pyrrole nitrogens is 1. The number of thioether (sulfide) groups is 1. The fourth-order valence-corrected chi connectivity index (χ4v) is 2.39. The molecular weight excluding hydrogens is 234 g/mol. The van der Waals surface area contributed by atoms with Crippen LogP contribution < -0.4 is 5.32 Å². The molecule has 5 nitrogen and oxygen atoms in total. The second-order valence-electron chi connectivity index (χ2n) is 3.85. The Bertz CT molecular complexity index is 470. The Hall–Kier alpha value is -1.30. The summed E-state index contributed by atoms with van der Waals surface area (Å²) >= 11 is 1.96. The van der Waals surface area contributed by atoms with Gasteiger partial charge in [0.1, 0.15) is 11.8 Å². The van der Waals surface area contributed by atoms with Gasteiger partial charge in [-0.3, -0.25) is 0 Å². The van der Waals surface area contributed by atoms with Crippen LogP contribution in [0.2, 0.25) is 0 Å². The number of fused-ring (bicyclic) bond motifs is 1. The third-order valence-corrected chi connectivity index (χ3v) is 3.44. The predicted molar refractivity (Wildman–Crippen MR) is 72.4 cm³/mol. The molecule has 2 aromatic heterocycles. The van der Waals surface area contributed by atoms with Crippen LogP contribution in [0.5, 0.6) is 0 Å². The number of nitrogens with zero attached hydrogens (tertiary/aromatic N) is 3. The van der Waals surface area contributed by atoms with Crippen molar-refractivity contribution >= 4 is 28.7 Å². The van der Waals surface area contributed by atoms with Gasteiger partial charge in [-0.05, 0) is 24.9 Å². The molecule has 0 aliphatic carbocycles. The highest BCUT2D eigenvalue weighted by atomic mass is 32.2. The molecule has 0 spiro atoms. The average molecular weight is 251 g/mol. The SMILES string of the molecule is CCSCCC(C)Nc1ncnc2nc[nH]c12. The molecule has 17 heavy (non-hydrogen) atoms. The molecule has 0 saturated carbocycles. The second-order valence-corrected chi connectivity index (χ2v) is 5.25. The van der Waals surface area contributed by atoms with Crippen LogP contribution in [0, 0.1) is 0 Å². The Morgan fingerprint density at radius 3 is 3.12 bits per heavy atom. The number of aromatic nitrogens is 4. The number of anilines is 1. The molecule has 2 aromatic rings. The molecule has 0 aliphatic heterocycles. The number of rotatable bonds is 6. The van der Waals surface area contributed by atoms with Crippen molar-refractivity contribution in [2.24, 2.45) is 0 Å². The summed E-state index contributed by atoms with van der Waals surface area (Å²) < 4.78 is 0. The highest BCUT2D eigenvalue weighted by Crippen LogP contribution is 2.16. The molecule has 0 saturated heterocycles. The summed E-state index contributed by atoms with van der Waals surface area (Å²) in [4.78, 5) is 15.5. The first-order valence-corrected chi connectivity index (χ1v) is 6.95. The molecule has 0 bridgehead atoms. The lowest BCUT2D eigenvalue weighted by atomic mass is 10.2. The molecule has 2 N–H and O–H groups in total. The van der Waals surface area contributed by atoms with Crippen LogP contribution in [0.3, 0.4) is 0 Å². The summed E-state index contributed by atoms with van der Waals surface area (Å²) in [6.07, 6.45) is 4.30. The van der Waals surface area contributed by atoms with Crippen LogP contribution in [-0.4, -0.2) is 37.5 Å². The van der Waals surface area contributed by atoms with Gasteiger partial charge in [-0.25, -0.2) is 15.0 Å². The normalized spacial score (nSPS) is 12.8. The minimum Gasteiger partial charge on any atom is -0.366 e. The van der Waals surface area contributed by atoms with Crippen molar-refractivity contribution in [1.29, 1.82) is 0 Å². The molecule has 0 aromatic carbocycles. The number of hydrogen-bond donors (Lipinski definition) is 2. The number of nitrogens with one attached hydrogen (secondary N) is 2. The molecule has 1 atom stereocenters. The first-order valence-electron chi connectivity index (χ1n) is 5.79. The van der Waals surface area contributed by atoms with E-state index >= 15 is 0 Å². The molecule has 0 radical (unpaired) electrons. The molecule has 0 aliphatic rings. The summed E-state index contributed by atoms with van der Waals surface area (Å²) in [7, 11) is 0. The van der Waals surface area contributed by atoms with Crippen molar-refractivity contribution in [2.45, 2.75) is 26.3 Å². The lowest BCUT2D eigenvalue weighted by Gasteiger charge is -2.14. The topological polar surface area (TPSA) is 66.5 Å². The highest BCUT2D eigenvalue weighted by Gasteiger charge is 2.08. The van der Waals surface area contributed by atoms with E-state index in [2.05, 4.69) is 39.1 Å². The van der Waals surface area contributed by atoms with E-state index in [1.165, 1.54) is 11.5 Å². The van der Waals surface area contributed by atoms with E-state index in [1.54, 1.807) is 12.7 Å². The van der Waals surface area contributed by atoms with Crippen molar-refractivity contribution < 1.29 is 0 Å². The number of imidazole rings is 1. The van der Waals surface area contributed by atoms with E-state index < -0.39 is 0 Å². The van der Waals surface area contributed by atoms with Crippen molar-refractivity contribution in [3.05, 3.63) is 12.7 Å². The van der Waals surface area contributed by atoms with Crippen LogP contribution in [-0.2, 0) is 0 Å². The van der Waals surface area contributed by atoms with Gasteiger partial charge in [-0.1, -0.05) is 6.92 Å². The zero-order valence-electron chi connectivity index (χ0n) is 10.1. The Kier molecular flexibility index (Phi) is 4.19. The second kappa shape index (κ2) is 5.86. The molecular formula is C11H17N5S. The summed E-state index contributed by atoms with van der Waals surface area (Å²) in [5.41, 5.74) is 1.58. The van der Waals surface area contributed by atoms with Gasteiger partial charge in [-0.2, -0.15) is 11.8 Å². The zero-order valence-corrected chi connectivity index (χ0v) is 10.9. The third kappa shape index (κ3) is 3.09. The van der Waals surface area contributed by atoms with Crippen LogP contribution in [0.4, 0.5) is 5.82 Å². The van der Waals surface area contributed by atoms with E-state index in [-0.39, 0.29) is 0 Å². The van der Waals surface area contributed by atoms with E-state index in [1.807, 2.05) is 11.8 Å². The van der Waals surface area contributed by atoms with Crippen LogP contribution in [0.15, 0.2) is 12.7 Å². The molecule has 2 rings (SSSR count). The van der Waals surface area contributed by atoms with Crippen molar-refractivity contribution in [3.8, 4) is 0 Å². The Labute approximate surface area is 105 Å². The average Bonchev–Trinajstić information content (AvgIpc) is 2.78. The first kappa shape index (κ1) is 12.2. The van der Waals surface area contributed by atoms with Gasteiger partial charge < -0.3 is 10.3 Å². The summed E-state index contributed by atoms with van der Waals surface area (Å²) in [5.74, 6) is 3.17. The van der Waals surface area contributed by atoms with Crippen molar-refractivity contribution in [3.63, 3.8) is 0 Å². The Balaban J connectivity index is 2.00. The quantitative estimate of drug-likeness (QED) is 0.771. The molecule has 0 fully saturated rings. The van der Waals surface area contributed by atoms with Crippen LogP contribution in [0.25, 0.3) is 11.2 Å². The minimum atomic E-state index is 0.399. The van der Waals surface area contributed by atoms with Gasteiger partial charge in [0.2, 0.25) is 0 Å². The first-order chi connectivity index (χ1) is 8.31. The van der Waals surface area contributed by atoms with Gasteiger partial charge in [0.25, 0.3) is 0 Å². The Morgan fingerprint density at radius 1 is 1.41 bits per heavy atom. The van der Waals surface area contributed by atoms with Crippen LogP contribution >= 0.6 is 11.8 Å². The van der Waals surface area contributed by atoms with Gasteiger partial charge >= 0.3 is 0 Å². The van der Waals surface area contributed by atoms with Crippen molar-refractivity contribution in [1.82, 2.24) is 19.9 Å². The maximum atomic E-state index is 4.25. The summed E-state index contributed by atoms with van der Waals surface area (Å²) in [6.45, 7) is 4.35. The van der Waals surface area contributed by atoms with Crippen LogP contribution in [0.1, 0.15) is 20.3 Å². The van der Waals surface area contributed by atoms with Gasteiger partial charge in [0.05, 0.1) is 6.33 Å².